The van der Waals surface area contributed by atoms with Gasteiger partial charge in [0.2, 0.25) is 0 Å². The molecular weight excluding hydrogens is 186 g/mol. The van der Waals surface area contributed by atoms with E-state index in [0.717, 1.165) is 24.2 Å². The summed E-state index contributed by atoms with van der Waals surface area (Å²) in [5.41, 5.74) is 7.07. The van der Waals surface area contributed by atoms with E-state index in [1.54, 1.807) is 0 Å². The monoisotopic (exact) mass is 205 g/mol. The summed E-state index contributed by atoms with van der Waals surface area (Å²) in [6.45, 7) is 6.41. The van der Waals surface area contributed by atoms with Crippen LogP contribution >= 0.6 is 0 Å². The Morgan fingerprint density at radius 2 is 2.07 bits per heavy atom. The van der Waals surface area contributed by atoms with Crippen LogP contribution < -0.4 is 10.5 Å². The van der Waals surface area contributed by atoms with E-state index in [0.29, 0.717) is 6.61 Å². The minimum absolute atomic E-state index is 0.132. The Bertz CT molecular complexity index is 292. The van der Waals surface area contributed by atoms with Crippen molar-refractivity contribution in [3.63, 3.8) is 0 Å². The van der Waals surface area contributed by atoms with E-state index in [9.17, 15) is 0 Å². The molecule has 0 bridgehead atoms. The number of hydrogen-bond donors (Lipinski definition) is 1. The molecule has 0 aliphatic carbocycles. The molecule has 0 heterocycles. The van der Waals surface area contributed by atoms with Gasteiger partial charge < -0.3 is 10.5 Å². The maximum atomic E-state index is 5.91. The van der Waals surface area contributed by atoms with E-state index < -0.39 is 0 Å². The highest BCUT2D eigenvalue weighted by Crippen LogP contribution is 2.18. The molecule has 2 N–H and O–H groups in total. The Labute approximate surface area is 91.7 Å². The third kappa shape index (κ3) is 3.76. The summed E-state index contributed by atoms with van der Waals surface area (Å²) in [5, 5.41) is 0. The van der Waals surface area contributed by atoms with Crippen LogP contribution in [0.5, 0.6) is 5.75 Å². The molecule has 1 aromatic rings. The quantitative estimate of drug-likeness (QED) is 0.572. The number of ether oxygens (including phenoxy) is 1. The van der Waals surface area contributed by atoms with Crippen LogP contribution in [0, 0.1) is 0 Å². The Hall–Kier alpha value is -1.28. The summed E-state index contributed by atoms with van der Waals surface area (Å²) in [7, 11) is 0. The molecule has 15 heavy (non-hydrogen) atoms. The van der Waals surface area contributed by atoms with Crippen molar-refractivity contribution < 1.29 is 4.74 Å². The van der Waals surface area contributed by atoms with Gasteiger partial charge >= 0.3 is 0 Å². The van der Waals surface area contributed by atoms with Crippen LogP contribution in [0.15, 0.2) is 36.9 Å². The first-order valence-corrected chi connectivity index (χ1v) is 5.37. The molecule has 0 saturated heterocycles. The molecule has 1 rings (SSSR count). The molecule has 0 aliphatic rings. The molecule has 2 heteroatoms. The van der Waals surface area contributed by atoms with Gasteiger partial charge in [0.25, 0.3) is 0 Å². The van der Waals surface area contributed by atoms with Gasteiger partial charge in [-0.05, 0) is 30.5 Å². The lowest BCUT2D eigenvalue weighted by molar-refractivity contribution is 0.325. The van der Waals surface area contributed by atoms with Crippen LogP contribution in [0.2, 0.25) is 0 Å². The van der Waals surface area contributed by atoms with Crippen LogP contribution in [-0.2, 0) is 0 Å². The first-order chi connectivity index (χ1) is 7.27. The fourth-order valence-electron chi connectivity index (χ4n) is 1.31. The highest BCUT2D eigenvalue weighted by atomic mass is 16.5. The molecule has 0 amide bonds. The smallest absolute Gasteiger partial charge is 0.119 e. The van der Waals surface area contributed by atoms with Crippen LogP contribution in [0.25, 0.3) is 0 Å². The lowest BCUT2D eigenvalue weighted by Crippen LogP contribution is -2.08. The summed E-state index contributed by atoms with van der Waals surface area (Å²) >= 11 is 0. The molecule has 0 spiro atoms. The number of hydrogen-bond acceptors (Lipinski definition) is 2. The van der Waals surface area contributed by atoms with Gasteiger partial charge in [-0.15, -0.1) is 6.58 Å². The Morgan fingerprint density at radius 3 is 2.60 bits per heavy atom. The van der Waals surface area contributed by atoms with E-state index >= 15 is 0 Å². The van der Waals surface area contributed by atoms with Gasteiger partial charge in [-0.2, -0.15) is 0 Å². The minimum Gasteiger partial charge on any atom is -0.493 e. The minimum atomic E-state index is 0.132. The fourth-order valence-corrected chi connectivity index (χ4v) is 1.31. The van der Waals surface area contributed by atoms with Crippen molar-refractivity contribution in [3.8, 4) is 5.75 Å². The van der Waals surface area contributed by atoms with Gasteiger partial charge in [0.1, 0.15) is 5.75 Å². The van der Waals surface area contributed by atoms with Crippen molar-refractivity contribution in [3.05, 3.63) is 42.5 Å². The summed E-state index contributed by atoms with van der Waals surface area (Å²) in [6.07, 6.45) is 3.67. The van der Waals surface area contributed by atoms with Gasteiger partial charge in [0.05, 0.1) is 6.61 Å². The fraction of sp³-hybridized carbons (Fsp3) is 0.385. The first-order valence-electron chi connectivity index (χ1n) is 5.37. The summed E-state index contributed by atoms with van der Waals surface area (Å²) in [5.74, 6) is 0.893. The molecular formula is C13H19NO. The molecule has 82 valence electrons. The number of rotatable bonds is 6. The number of benzene rings is 1. The van der Waals surface area contributed by atoms with E-state index in [1.165, 1.54) is 0 Å². The summed E-state index contributed by atoms with van der Waals surface area (Å²) < 4.78 is 5.50. The van der Waals surface area contributed by atoms with Crippen LogP contribution in [0.1, 0.15) is 31.4 Å². The second-order valence-corrected chi connectivity index (χ2v) is 3.51. The van der Waals surface area contributed by atoms with Gasteiger partial charge in [0, 0.05) is 6.04 Å². The lowest BCUT2D eigenvalue weighted by Gasteiger charge is -2.10. The highest BCUT2D eigenvalue weighted by molar-refractivity contribution is 5.28. The molecule has 0 saturated carbocycles. The highest BCUT2D eigenvalue weighted by Gasteiger charge is 2.02. The molecule has 1 aromatic carbocycles. The van der Waals surface area contributed by atoms with Crippen molar-refractivity contribution in [1.29, 1.82) is 0 Å². The van der Waals surface area contributed by atoms with Crippen molar-refractivity contribution in [2.45, 2.75) is 25.8 Å². The third-order valence-corrected chi connectivity index (χ3v) is 2.34. The zero-order chi connectivity index (χ0) is 11.1. The standard InChI is InChI=1S/C13H19NO/c1-3-5-10-15-12-8-6-11(7-9-12)13(14)4-2/h3,6-9,13H,1,4-5,10,14H2,2H3/t13-/m0/s1. The second kappa shape index (κ2) is 6.25. The van der Waals surface area contributed by atoms with E-state index in [1.807, 2.05) is 30.3 Å². The Balaban J connectivity index is 2.52. The van der Waals surface area contributed by atoms with Gasteiger partial charge in [-0.3, -0.25) is 0 Å². The SMILES string of the molecule is C=CCCOc1ccc([C@@H](N)CC)cc1. The Morgan fingerprint density at radius 1 is 1.40 bits per heavy atom. The predicted octanol–water partition coefficient (Wildman–Crippen LogP) is 3.05. The van der Waals surface area contributed by atoms with Crippen molar-refractivity contribution in [2.24, 2.45) is 5.73 Å². The van der Waals surface area contributed by atoms with Gasteiger partial charge in [-0.1, -0.05) is 25.1 Å². The molecule has 1 atom stereocenters. The lowest BCUT2D eigenvalue weighted by atomic mass is 10.1. The zero-order valence-corrected chi connectivity index (χ0v) is 9.28. The van der Waals surface area contributed by atoms with E-state index in [2.05, 4.69) is 13.5 Å². The van der Waals surface area contributed by atoms with Crippen LogP contribution in [0.4, 0.5) is 0 Å². The molecule has 0 aromatic heterocycles. The van der Waals surface area contributed by atoms with Crippen molar-refractivity contribution in [1.82, 2.24) is 0 Å². The average molecular weight is 205 g/mol. The molecule has 0 radical (unpaired) electrons. The Kier molecular flexibility index (Phi) is 4.91. The van der Waals surface area contributed by atoms with E-state index in [4.69, 9.17) is 10.5 Å². The van der Waals surface area contributed by atoms with Crippen molar-refractivity contribution >= 4 is 0 Å². The predicted molar refractivity (Wildman–Crippen MR) is 64.0 cm³/mol. The van der Waals surface area contributed by atoms with Crippen LogP contribution in [0.3, 0.4) is 0 Å². The van der Waals surface area contributed by atoms with Crippen LogP contribution in [-0.4, -0.2) is 6.61 Å². The van der Waals surface area contributed by atoms with Crippen molar-refractivity contribution in [2.75, 3.05) is 6.61 Å². The summed E-state index contributed by atoms with van der Waals surface area (Å²) in [4.78, 5) is 0. The van der Waals surface area contributed by atoms with Gasteiger partial charge in [-0.25, -0.2) is 0 Å². The van der Waals surface area contributed by atoms with Gasteiger partial charge in [0.15, 0.2) is 0 Å². The third-order valence-electron chi connectivity index (χ3n) is 2.34. The van der Waals surface area contributed by atoms with E-state index in [-0.39, 0.29) is 6.04 Å². The first kappa shape index (κ1) is 11.8. The maximum absolute atomic E-state index is 5.91. The molecule has 0 unspecified atom stereocenters. The molecule has 0 aliphatic heterocycles. The number of nitrogens with two attached hydrogens (primary N) is 1. The normalized spacial score (nSPS) is 12.1. The maximum Gasteiger partial charge on any atom is 0.119 e. The average Bonchev–Trinajstić information content (AvgIpc) is 2.29. The summed E-state index contributed by atoms with van der Waals surface area (Å²) in [6, 6.07) is 8.11. The molecule has 0 fully saturated rings. The largest absolute Gasteiger partial charge is 0.493 e. The zero-order valence-electron chi connectivity index (χ0n) is 9.28. The second-order valence-electron chi connectivity index (χ2n) is 3.51. The topological polar surface area (TPSA) is 35.2 Å². The molecule has 2 nitrogen and oxygen atoms in total.